The molecule has 7 nitrogen and oxygen atoms in total. The normalized spacial score (nSPS) is 10.9. The predicted octanol–water partition coefficient (Wildman–Crippen LogP) is 0.878. The van der Waals surface area contributed by atoms with Crippen molar-refractivity contribution < 1.29 is 29.1 Å². The molecule has 0 aromatic heterocycles. The number of carboxylic acids is 1. The first kappa shape index (κ1) is 17.4. The summed E-state index contributed by atoms with van der Waals surface area (Å²) in [6, 6.07) is 0. The summed E-state index contributed by atoms with van der Waals surface area (Å²) in [4.78, 5) is 38.6. The van der Waals surface area contributed by atoms with Crippen LogP contribution in [0, 0.1) is 5.41 Å². The number of ether oxygens (including phenoxy) is 1. The number of hydrogen-bond acceptors (Lipinski definition) is 6. The Morgan fingerprint density at radius 2 is 1.74 bits per heavy atom. The van der Waals surface area contributed by atoms with Gasteiger partial charge in [0.05, 0.1) is 13.0 Å². The van der Waals surface area contributed by atoms with E-state index in [9.17, 15) is 14.4 Å². The molecule has 0 rings (SSSR count). The molecule has 110 valence electrons. The minimum Gasteiger partial charge on any atom is -0.480 e. The van der Waals surface area contributed by atoms with Crippen LogP contribution in [0.2, 0.25) is 0 Å². The summed E-state index contributed by atoms with van der Waals surface area (Å²) in [5, 5.41) is 9.11. The highest BCUT2D eigenvalue weighted by molar-refractivity contribution is 5.98. The van der Waals surface area contributed by atoms with E-state index < -0.39 is 23.3 Å². The second kappa shape index (κ2) is 8.47. The van der Waals surface area contributed by atoms with Gasteiger partial charge in [-0.2, -0.15) is 5.48 Å². The van der Waals surface area contributed by atoms with Crippen molar-refractivity contribution in [2.45, 2.75) is 40.0 Å². The number of esters is 1. The Labute approximate surface area is 112 Å². The topological polar surface area (TPSA) is 102 Å². The van der Waals surface area contributed by atoms with Gasteiger partial charge in [0.25, 0.3) is 0 Å². The molecule has 0 amide bonds. The summed E-state index contributed by atoms with van der Waals surface area (Å²) in [6.45, 7) is 5.27. The van der Waals surface area contributed by atoms with Crippen LogP contribution >= 0.6 is 0 Å². The van der Waals surface area contributed by atoms with Gasteiger partial charge in [-0.05, 0) is 19.8 Å². The van der Waals surface area contributed by atoms with E-state index in [-0.39, 0.29) is 32.4 Å². The molecule has 19 heavy (non-hydrogen) atoms. The Kier molecular flexibility index (Phi) is 7.74. The van der Waals surface area contributed by atoms with Gasteiger partial charge in [0.2, 0.25) is 0 Å². The smallest absolute Gasteiger partial charge is 0.342 e. The predicted molar refractivity (Wildman–Crippen MR) is 66.0 cm³/mol. The van der Waals surface area contributed by atoms with Crippen LogP contribution in [-0.2, 0) is 24.0 Å². The molecule has 0 radical (unpaired) electrons. The highest BCUT2D eigenvalue weighted by Gasteiger charge is 2.44. The quantitative estimate of drug-likeness (QED) is 0.279. The zero-order valence-corrected chi connectivity index (χ0v) is 11.5. The number of hydrogen-bond donors (Lipinski definition) is 2. The number of aliphatic carboxylic acids is 1. The zero-order chi connectivity index (χ0) is 14.9. The molecule has 0 aromatic rings. The zero-order valence-electron chi connectivity index (χ0n) is 11.5. The Morgan fingerprint density at radius 3 is 2.16 bits per heavy atom. The monoisotopic (exact) mass is 275 g/mol. The molecule has 0 atom stereocenters. The van der Waals surface area contributed by atoms with Gasteiger partial charge in [0.15, 0.2) is 5.41 Å². The first-order valence-electron chi connectivity index (χ1n) is 6.27. The number of rotatable bonds is 9. The highest BCUT2D eigenvalue weighted by Crippen LogP contribution is 2.28. The van der Waals surface area contributed by atoms with Crippen molar-refractivity contribution in [3.05, 3.63) is 0 Å². The number of carboxylic acid groups (broad SMARTS) is 1. The number of nitrogens with one attached hydrogen (secondary N) is 1. The first-order valence-corrected chi connectivity index (χ1v) is 6.27. The molecule has 0 unspecified atom stereocenters. The molecular weight excluding hydrogens is 254 g/mol. The second-order valence-electron chi connectivity index (χ2n) is 3.93. The molecule has 0 aromatic carbocycles. The van der Waals surface area contributed by atoms with E-state index in [1.807, 2.05) is 0 Å². The van der Waals surface area contributed by atoms with Crippen molar-refractivity contribution in [2.75, 3.05) is 13.2 Å². The highest BCUT2D eigenvalue weighted by atomic mass is 16.7. The van der Waals surface area contributed by atoms with Crippen molar-refractivity contribution in [1.82, 2.24) is 5.48 Å². The molecule has 0 heterocycles. The maximum Gasteiger partial charge on any atom is 0.342 e. The van der Waals surface area contributed by atoms with E-state index in [1.54, 1.807) is 20.8 Å². The average molecular weight is 275 g/mol. The Morgan fingerprint density at radius 1 is 1.16 bits per heavy atom. The molecule has 7 heteroatoms. The molecule has 0 aliphatic rings. The molecule has 2 N–H and O–H groups in total. The fourth-order valence-corrected chi connectivity index (χ4v) is 1.53. The minimum absolute atomic E-state index is 0.0411. The lowest BCUT2D eigenvalue weighted by atomic mass is 9.83. The molecule has 0 aliphatic carbocycles. The van der Waals surface area contributed by atoms with E-state index in [2.05, 4.69) is 10.2 Å². The van der Waals surface area contributed by atoms with Crippen LogP contribution < -0.4 is 5.48 Å². The molecule has 0 bridgehead atoms. The van der Waals surface area contributed by atoms with Gasteiger partial charge in [-0.1, -0.05) is 13.8 Å². The van der Waals surface area contributed by atoms with E-state index in [0.717, 1.165) is 0 Å². The maximum absolute atomic E-state index is 11.8. The SMILES string of the molecule is CCOC(=O)CCNOC(=O)C(CC)(CC)C(=O)O. The molecule has 0 fully saturated rings. The van der Waals surface area contributed by atoms with Crippen LogP contribution in [0.4, 0.5) is 0 Å². The number of carbonyl (C=O) groups is 3. The molecular formula is C12H21NO6. The average Bonchev–Trinajstić information content (AvgIpc) is 2.36. The van der Waals surface area contributed by atoms with Crippen LogP contribution in [-0.4, -0.2) is 36.2 Å². The fourth-order valence-electron chi connectivity index (χ4n) is 1.53. The summed E-state index contributed by atoms with van der Waals surface area (Å²) >= 11 is 0. The molecule has 0 saturated carbocycles. The van der Waals surface area contributed by atoms with Crippen molar-refractivity contribution in [3.63, 3.8) is 0 Å². The lowest BCUT2D eigenvalue weighted by Crippen LogP contribution is -2.42. The third kappa shape index (κ3) is 4.86. The summed E-state index contributed by atoms with van der Waals surface area (Å²) < 4.78 is 4.68. The Bertz CT molecular complexity index is 324. The lowest BCUT2D eigenvalue weighted by molar-refractivity contribution is -0.175. The number of hydroxylamine groups is 1. The minimum atomic E-state index is -1.54. The van der Waals surface area contributed by atoms with Gasteiger partial charge in [-0.15, -0.1) is 0 Å². The standard InChI is InChI=1S/C12H21NO6/c1-4-12(5-2,10(15)16)11(17)19-13-8-7-9(14)18-6-3/h13H,4-8H2,1-3H3,(H,15,16). The van der Waals surface area contributed by atoms with E-state index in [1.165, 1.54) is 0 Å². The molecule has 0 saturated heterocycles. The van der Waals surface area contributed by atoms with Gasteiger partial charge in [0.1, 0.15) is 0 Å². The first-order chi connectivity index (χ1) is 8.94. The van der Waals surface area contributed by atoms with Gasteiger partial charge in [-0.3, -0.25) is 9.59 Å². The van der Waals surface area contributed by atoms with Crippen LogP contribution in [0.5, 0.6) is 0 Å². The summed E-state index contributed by atoms with van der Waals surface area (Å²) in [6.07, 6.45) is 0.313. The summed E-state index contributed by atoms with van der Waals surface area (Å²) in [7, 11) is 0. The molecule has 0 spiro atoms. The summed E-state index contributed by atoms with van der Waals surface area (Å²) in [5.74, 6) is -2.48. The third-order valence-electron chi connectivity index (χ3n) is 2.91. The van der Waals surface area contributed by atoms with Gasteiger partial charge >= 0.3 is 17.9 Å². The van der Waals surface area contributed by atoms with Crippen LogP contribution in [0.15, 0.2) is 0 Å². The van der Waals surface area contributed by atoms with E-state index in [0.29, 0.717) is 0 Å². The van der Waals surface area contributed by atoms with Crippen molar-refractivity contribution >= 4 is 17.9 Å². The van der Waals surface area contributed by atoms with E-state index >= 15 is 0 Å². The third-order valence-corrected chi connectivity index (χ3v) is 2.91. The summed E-state index contributed by atoms with van der Waals surface area (Å²) in [5.41, 5.74) is 0.745. The Hall–Kier alpha value is -1.63. The van der Waals surface area contributed by atoms with Gasteiger partial charge in [-0.25, -0.2) is 4.79 Å². The van der Waals surface area contributed by atoms with Gasteiger partial charge in [0, 0.05) is 6.54 Å². The van der Waals surface area contributed by atoms with Gasteiger partial charge < -0.3 is 14.7 Å². The Balaban J connectivity index is 4.22. The maximum atomic E-state index is 11.8. The van der Waals surface area contributed by atoms with Crippen LogP contribution in [0.1, 0.15) is 40.0 Å². The van der Waals surface area contributed by atoms with Crippen molar-refractivity contribution in [2.24, 2.45) is 5.41 Å². The van der Waals surface area contributed by atoms with E-state index in [4.69, 9.17) is 9.94 Å². The number of carbonyl (C=O) groups excluding carboxylic acids is 2. The lowest BCUT2D eigenvalue weighted by Gasteiger charge is -2.23. The fraction of sp³-hybridized carbons (Fsp3) is 0.750. The largest absolute Gasteiger partial charge is 0.480 e. The van der Waals surface area contributed by atoms with Crippen molar-refractivity contribution in [1.29, 1.82) is 0 Å². The molecule has 0 aliphatic heterocycles. The second-order valence-corrected chi connectivity index (χ2v) is 3.93. The van der Waals surface area contributed by atoms with Crippen LogP contribution in [0.3, 0.4) is 0 Å². The van der Waals surface area contributed by atoms with Crippen LogP contribution in [0.25, 0.3) is 0 Å². The van der Waals surface area contributed by atoms with Crippen molar-refractivity contribution in [3.8, 4) is 0 Å².